The predicted octanol–water partition coefficient (Wildman–Crippen LogP) is 2.63. The van der Waals surface area contributed by atoms with Gasteiger partial charge in [-0.3, -0.25) is 9.69 Å². The summed E-state index contributed by atoms with van der Waals surface area (Å²) in [6.45, 7) is 12.0. The molecule has 1 aromatic heterocycles. The Hall–Kier alpha value is -2.34. The minimum absolute atomic E-state index is 0.0443. The lowest BCUT2D eigenvalue weighted by Gasteiger charge is -2.34. The number of nitrogens with zero attached hydrogens (tertiary/aromatic N) is 3. The number of rotatable bonds is 5. The number of hydrogen-bond acceptors (Lipinski definition) is 5. The van der Waals surface area contributed by atoms with Crippen LogP contribution in [0.5, 0.6) is 5.75 Å². The van der Waals surface area contributed by atoms with Gasteiger partial charge in [-0.15, -0.1) is 0 Å². The van der Waals surface area contributed by atoms with E-state index in [1.807, 2.05) is 50.8 Å². The summed E-state index contributed by atoms with van der Waals surface area (Å²) in [5.41, 5.74) is 4.36. The summed E-state index contributed by atoms with van der Waals surface area (Å²) in [7, 11) is 0. The number of aromatic nitrogens is 1. The first-order chi connectivity index (χ1) is 12.5. The highest BCUT2D eigenvalue weighted by Crippen LogP contribution is 2.21. The van der Waals surface area contributed by atoms with Crippen LogP contribution in [-0.4, -0.2) is 53.6 Å². The summed E-state index contributed by atoms with van der Waals surface area (Å²) in [6, 6.07) is 5.91. The molecule has 1 saturated heterocycles. The molecule has 26 heavy (non-hydrogen) atoms. The molecule has 0 bridgehead atoms. The molecule has 0 N–H and O–H groups in total. The van der Waals surface area contributed by atoms with Crippen LogP contribution >= 0.6 is 0 Å². The minimum atomic E-state index is 0.0443. The van der Waals surface area contributed by atoms with Gasteiger partial charge in [0.1, 0.15) is 11.5 Å². The normalized spacial score (nSPS) is 15.3. The first kappa shape index (κ1) is 18.5. The van der Waals surface area contributed by atoms with Gasteiger partial charge in [0, 0.05) is 38.3 Å². The second-order valence-corrected chi connectivity index (χ2v) is 6.95. The first-order valence-electron chi connectivity index (χ1n) is 9.06. The number of amides is 1. The van der Waals surface area contributed by atoms with Crippen molar-refractivity contribution in [1.82, 2.24) is 15.0 Å². The van der Waals surface area contributed by atoms with Crippen LogP contribution in [0.1, 0.15) is 28.1 Å². The Labute approximate surface area is 154 Å². The van der Waals surface area contributed by atoms with E-state index in [0.717, 1.165) is 61.1 Å². The third-order valence-corrected chi connectivity index (χ3v) is 5.19. The van der Waals surface area contributed by atoms with Crippen LogP contribution in [0.3, 0.4) is 0 Å². The molecule has 2 aromatic rings. The molecule has 0 saturated carbocycles. The van der Waals surface area contributed by atoms with E-state index in [4.69, 9.17) is 9.26 Å². The average Bonchev–Trinajstić information content (AvgIpc) is 2.95. The van der Waals surface area contributed by atoms with Crippen molar-refractivity contribution < 1.29 is 14.1 Å². The largest absolute Gasteiger partial charge is 0.483 e. The number of piperazine rings is 1. The Morgan fingerprint density at radius 2 is 1.88 bits per heavy atom. The molecule has 0 radical (unpaired) electrons. The molecule has 1 aliphatic rings. The van der Waals surface area contributed by atoms with Gasteiger partial charge in [-0.1, -0.05) is 17.3 Å². The van der Waals surface area contributed by atoms with Crippen molar-refractivity contribution in [3.63, 3.8) is 0 Å². The fourth-order valence-corrected chi connectivity index (χ4v) is 3.22. The summed E-state index contributed by atoms with van der Waals surface area (Å²) >= 11 is 0. The topological polar surface area (TPSA) is 58.8 Å². The van der Waals surface area contributed by atoms with Crippen LogP contribution in [0.15, 0.2) is 22.7 Å². The molecule has 0 atom stereocenters. The molecule has 2 heterocycles. The standard InChI is InChI=1S/C20H27N3O3/c1-14-6-5-7-19(15(14)2)25-13-20(24)23-10-8-22(9-11-23)12-18-16(3)21-26-17(18)4/h5-7H,8-13H2,1-4H3. The predicted molar refractivity (Wildman–Crippen MR) is 99.2 cm³/mol. The van der Waals surface area contributed by atoms with Gasteiger partial charge in [-0.25, -0.2) is 0 Å². The Morgan fingerprint density at radius 3 is 2.54 bits per heavy atom. The van der Waals surface area contributed by atoms with Gasteiger partial charge in [0.15, 0.2) is 6.61 Å². The van der Waals surface area contributed by atoms with Crippen LogP contribution < -0.4 is 4.74 Å². The van der Waals surface area contributed by atoms with E-state index >= 15 is 0 Å². The van der Waals surface area contributed by atoms with Gasteiger partial charge in [0.25, 0.3) is 5.91 Å². The molecule has 6 heteroatoms. The molecular weight excluding hydrogens is 330 g/mol. The number of ether oxygens (including phenoxy) is 1. The maximum atomic E-state index is 12.5. The monoisotopic (exact) mass is 357 g/mol. The lowest BCUT2D eigenvalue weighted by Crippen LogP contribution is -2.49. The number of aryl methyl sites for hydroxylation is 3. The van der Waals surface area contributed by atoms with Crippen molar-refractivity contribution in [3.05, 3.63) is 46.3 Å². The summed E-state index contributed by atoms with van der Waals surface area (Å²) in [5, 5.41) is 4.01. The van der Waals surface area contributed by atoms with Crippen molar-refractivity contribution in [2.75, 3.05) is 32.8 Å². The zero-order chi connectivity index (χ0) is 18.7. The maximum Gasteiger partial charge on any atom is 0.260 e. The first-order valence-corrected chi connectivity index (χ1v) is 9.06. The highest BCUT2D eigenvalue weighted by Gasteiger charge is 2.23. The molecule has 3 rings (SSSR count). The number of benzene rings is 1. The maximum absolute atomic E-state index is 12.5. The number of carbonyl (C=O) groups is 1. The van der Waals surface area contributed by atoms with E-state index in [1.165, 1.54) is 5.56 Å². The Bertz CT molecular complexity index is 757. The molecule has 1 aliphatic heterocycles. The third-order valence-electron chi connectivity index (χ3n) is 5.19. The molecule has 0 spiro atoms. The molecule has 6 nitrogen and oxygen atoms in total. The van der Waals surface area contributed by atoms with E-state index in [0.29, 0.717) is 0 Å². The fourth-order valence-electron chi connectivity index (χ4n) is 3.22. The smallest absolute Gasteiger partial charge is 0.260 e. The minimum Gasteiger partial charge on any atom is -0.483 e. The second kappa shape index (κ2) is 7.91. The molecule has 1 fully saturated rings. The lowest BCUT2D eigenvalue weighted by molar-refractivity contribution is -0.135. The Balaban J connectivity index is 1.48. The summed E-state index contributed by atoms with van der Waals surface area (Å²) in [5.74, 6) is 1.71. The fraction of sp³-hybridized carbons (Fsp3) is 0.500. The molecule has 1 amide bonds. The Kier molecular flexibility index (Phi) is 5.61. The van der Waals surface area contributed by atoms with Crippen molar-refractivity contribution in [2.24, 2.45) is 0 Å². The highest BCUT2D eigenvalue weighted by atomic mass is 16.5. The van der Waals surface area contributed by atoms with Crippen LogP contribution in [0, 0.1) is 27.7 Å². The molecule has 140 valence electrons. The van der Waals surface area contributed by atoms with Crippen molar-refractivity contribution in [3.8, 4) is 5.75 Å². The summed E-state index contributed by atoms with van der Waals surface area (Å²) in [6.07, 6.45) is 0. The molecule has 0 unspecified atom stereocenters. The van der Waals surface area contributed by atoms with Crippen LogP contribution in [0.2, 0.25) is 0 Å². The molecule has 0 aliphatic carbocycles. The van der Waals surface area contributed by atoms with Gasteiger partial charge < -0.3 is 14.2 Å². The van der Waals surface area contributed by atoms with Gasteiger partial charge in [0.05, 0.1) is 5.69 Å². The highest BCUT2D eigenvalue weighted by molar-refractivity contribution is 5.78. The zero-order valence-electron chi connectivity index (χ0n) is 16.0. The Morgan fingerprint density at radius 1 is 1.15 bits per heavy atom. The quantitative estimate of drug-likeness (QED) is 0.823. The van der Waals surface area contributed by atoms with Crippen LogP contribution in [0.25, 0.3) is 0 Å². The third kappa shape index (κ3) is 4.07. The SMILES string of the molecule is Cc1cccc(OCC(=O)N2CCN(Cc3c(C)noc3C)CC2)c1C. The summed E-state index contributed by atoms with van der Waals surface area (Å²) in [4.78, 5) is 16.7. The van der Waals surface area contributed by atoms with E-state index < -0.39 is 0 Å². The van der Waals surface area contributed by atoms with Gasteiger partial charge >= 0.3 is 0 Å². The van der Waals surface area contributed by atoms with Gasteiger partial charge in [0.2, 0.25) is 0 Å². The van der Waals surface area contributed by atoms with Gasteiger partial charge in [-0.05, 0) is 44.9 Å². The molecular formula is C20H27N3O3. The van der Waals surface area contributed by atoms with Crippen molar-refractivity contribution >= 4 is 5.91 Å². The average molecular weight is 357 g/mol. The van der Waals surface area contributed by atoms with Crippen molar-refractivity contribution in [1.29, 1.82) is 0 Å². The lowest BCUT2D eigenvalue weighted by atomic mass is 10.1. The van der Waals surface area contributed by atoms with E-state index in [2.05, 4.69) is 10.1 Å². The van der Waals surface area contributed by atoms with E-state index in [-0.39, 0.29) is 12.5 Å². The van der Waals surface area contributed by atoms with E-state index in [9.17, 15) is 4.79 Å². The van der Waals surface area contributed by atoms with E-state index in [1.54, 1.807) is 0 Å². The van der Waals surface area contributed by atoms with Gasteiger partial charge in [-0.2, -0.15) is 0 Å². The number of hydrogen-bond donors (Lipinski definition) is 0. The summed E-state index contributed by atoms with van der Waals surface area (Å²) < 4.78 is 11.0. The zero-order valence-corrected chi connectivity index (χ0v) is 16.0. The van der Waals surface area contributed by atoms with Crippen LogP contribution in [-0.2, 0) is 11.3 Å². The molecule has 1 aromatic carbocycles. The van der Waals surface area contributed by atoms with Crippen molar-refractivity contribution in [2.45, 2.75) is 34.2 Å². The number of carbonyl (C=O) groups excluding carboxylic acids is 1. The van der Waals surface area contributed by atoms with Crippen LogP contribution in [0.4, 0.5) is 0 Å². The second-order valence-electron chi connectivity index (χ2n) is 6.95.